The van der Waals surface area contributed by atoms with Crippen LogP contribution in [0.1, 0.15) is 0 Å². The molecule has 3 N–H and O–H groups in total. The highest BCUT2D eigenvalue weighted by Crippen LogP contribution is 2.29. The third-order valence-electron chi connectivity index (χ3n) is 2.03. The summed E-state index contributed by atoms with van der Waals surface area (Å²) in [6, 6.07) is 4.54. The first-order valence-corrected chi connectivity index (χ1v) is 5.42. The van der Waals surface area contributed by atoms with Crippen molar-refractivity contribution >= 4 is 17.6 Å². The van der Waals surface area contributed by atoms with Crippen LogP contribution in [0.2, 0.25) is 0 Å². The van der Waals surface area contributed by atoms with E-state index in [1.54, 1.807) is 0 Å². The fraction of sp³-hybridized carbons (Fsp3) is 0.273. The largest absolute Gasteiger partial charge is 0.573 e. The van der Waals surface area contributed by atoms with E-state index >= 15 is 0 Å². The Bertz CT molecular complexity index is 491. The Kier molecular flexibility index (Phi) is 5.18. The normalized spacial score (nSPS) is 10.6. The fourth-order valence-electron chi connectivity index (χ4n) is 1.24. The van der Waals surface area contributed by atoms with Crippen LogP contribution in [-0.2, 0) is 4.79 Å². The molecule has 0 radical (unpaired) electrons. The number of ether oxygens (including phenoxy) is 1. The van der Waals surface area contributed by atoms with E-state index in [0.717, 1.165) is 6.07 Å². The summed E-state index contributed by atoms with van der Waals surface area (Å²) in [6.45, 7) is -0.383. The number of para-hydroxylation sites is 2. The molecule has 0 atom stereocenters. The van der Waals surface area contributed by atoms with Crippen molar-refractivity contribution in [1.29, 1.82) is 0 Å². The van der Waals surface area contributed by atoms with Crippen LogP contribution in [0, 0.1) is 0 Å². The summed E-state index contributed by atoms with van der Waals surface area (Å²) in [6.07, 6.45) is -4.83. The van der Waals surface area contributed by atoms with Crippen molar-refractivity contribution in [3.8, 4) is 5.75 Å². The minimum absolute atomic E-state index is 0.0168. The molecule has 0 saturated heterocycles. The predicted octanol–water partition coefficient (Wildman–Crippen LogP) is 1.45. The van der Waals surface area contributed by atoms with Gasteiger partial charge in [0.1, 0.15) is 0 Å². The number of nitrogens with one attached hydrogen (secondary N) is 3. The van der Waals surface area contributed by atoms with Crippen LogP contribution in [0.3, 0.4) is 0 Å². The molecule has 9 heteroatoms. The molecule has 110 valence electrons. The number of halogens is 3. The summed E-state index contributed by atoms with van der Waals surface area (Å²) < 4.78 is 40.3. The lowest BCUT2D eigenvalue weighted by Crippen LogP contribution is -2.40. The zero-order chi connectivity index (χ0) is 15.2. The molecule has 20 heavy (non-hydrogen) atoms. The lowest BCUT2D eigenvalue weighted by molar-refractivity contribution is -0.274. The maximum Gasteiger partial charge on any atom is 0.573 e. The van der Waals surface area contributed by atoms with Crippen LogP contribution in [0.4, 0.5) is 23.7 Å². The summed E-state index contributed by atoms with van der Waals surface area (Å²) >= 11 is 0. The molecule has 0 bridgehead atoms. The second-order valence-electron chi connectivity index (χ2n) is 3.52. The van der Waals surface area contributed by atoms with Crippen molar-refractivity contribution in [2.24, 2.45) is 0 Å². The zero-order valence-corrected chi connectivity index (χ0v) is 10.4. The van der Waals surface area contributed by atoms with Gasteiger partial charge in [-0.1, -0.05) is 12.1 Å². The van der Waals surface area contributed by atoms with Gasteiger partial charge in [0.05, 0.1) is 12.2 Å². The van der Waals surface area contributed by atoms with Gasteiger partial charge >= 0.3 is 12.4 Å². The quantitative estimate of drug-likeness (QED) is 0.784. The number of anilines is 1. The number of carbonyl (C=O) groups is 2. The third kappa shape index (κ3) is 5.46. The van der Waals surface area contributed by atoms with E-state index < -0.39 is 24.1 Å². The summed E-state index contributed by atoms with van der Waals surface area (Å²) in [7, 11) is 1.32. The Hall–Kier alpha value is -2.45. The number of hydrogen-bond donors (Lipinski definition) is 3. The van der Waals surface area contributed by atoms with Crippen molar-refractivity contribution in [3.05, 3.63) is 24.3 Å². The van der Waals surface area contributed by atoms with E-state index in [-0.39, 0.29) is 12.2 Å². The Morgan fingerprint density at radius 3 is 2.50 bits per heavy atom. The molecule has 0 unspecified atom stereocenters. The van der Waals surface area contributed by atoms with Crippen molar-refractivity contribution in [2.45, 2.75) is 6.36 Å². The first-order valence-electron chi connectivity index (χ1n) is 5.42. The molecular formula is C11H12F3N3O3. The van der Waals surface area contributed by atoms with Gasteiger partial charge in [-0.25, -0.2) is 4.79 Å². The van der Waals surface area contributed by atoms with Gasteiger partial charge in [0.15, 0.2) is 5.75 Å². The van der Waals surface area contributed by atoms with E-state index in [1.165, 1.54) is 25.2 Å². The highest BCUT2D eigenvalue weighted by Gasteiger charge is 2.32. The Morgan fingerprint density at radius 2 is 1.90 bits per heavy atom. The standard InChI is InChI=1S/C11H12F3N3O3/c1-15-10(19)17-9(18)6-16-7-4-2-3-5-8(7)20-11(12,13)14/h2-5,16H,6H2,1H3,(H2,15,17,18,19). The topological polar surface area (TPSA) is 79.5 Å². The van der Waals surface area contributed by atoms with Gasteiger partial charge in [0.25, 0.3) is 0 Å². The minimum Gasteiger partial charge on any atom is -0.404 e. The number of benzene rings is 1. The molecule has 0 spiro atoms. The lowest BCUT2D eigenvalue weighted by atomic mass is 10.3. The van der Waals surface area contributed by atoms with Gasteiger partial charge < -0.3 is 15.4 Å². The van der Waals surface area contributed by atoms with E-state index in [9.17, 15) is 22.8 Å². The van der Waals surface area contributed by atoms with Gasteiger partial charge in [-0.2, -0.15) is 0 Å². The first-order chi connectivity index (χ1) is 9.31. The maximum atomic E-state index is 12.2. The highest BCUT2D eigenvalue weighted by atomic mass is 19.4. The summed E-state index contributed by atoms with van der Waals surface area (Å²) in [5.74, 6) is -1.17. The highest BCUT2D eigenvalue weighted by molar-refractivity contribution is 5.96. The summed E-state index contributed by atoms with van der Waals surface area (Å²) in [5.41, 5.74) is -0.0168. The van der Waals surface area contributed by atoms with Gasteiger partial charge in [-0.15, -0.1) is 13.2 Å². The molecule has 1 rings (SSSR count). The van der Waals surface area contributed by atoms with Crippen LogP contribution in [-0.4, -0.2) is 31.9 Å². The average molecular weight is 291 g/mol. The Morgan fingerprint density at radius 1 is 1.25 bits per heavy atom. The van der Waals surface area contributed by atoms with Crippen LogP contribution in [0.15, 0.2) is 24.3 Å². The minimum atomic E-state index is -4.83. The fourth-order valence-corrected chi connectivity index (χ4v) is 1.24. The molecule has 0 saturated carbocycles. The average Bonchev–Trinajstić information content (AvgIpc) is 2.35. The molecule has 1 aromatic carbocycles. The second-order valence-corrected chi connectivity index (χ2v) is 3.52. The lowest BCUT2D eigenvalue weighted by Gasteiger charge is -2.14. The summed E-state index contributed by atoms with van der Waals surface area (Å²) in [4.78, 5) is 22.1. The van der Waals surface area contributed by atoms with Crippen LogP contribution >= 0.6 is 0 Å². The number of hydrogen-bond acceptors (Lipinski definition) is 4. The Balaban J connectivity index is 2.64. The molecule has 0 heterocycles. The van der Waals surface area contributed by atoms with E-state index in [1.807, 2.05) is 5.32 Å². The predicted molar refractivity (Wildman–Crippen MR) is 64.2 cm³/mol. The number of carbonyl (C=O) groups excluding carboxylic acids is 2. The van der Waals surface area contributed by atoms with Gasteiger partial charge in [-0.3, -0.25) is 10.1 Å². The van der Waals surface area contributed by atoms with Crippen LogP contribution < -0.4 is 20.7 Å². The maximum absolute atomic E-state index is 12.2. The molecule has 0 aliphatic carbocycles. The third-order valence-corrected chi connectivity index (χ3v) is 2.03. The molecule has 0 fully saturated rings. The molecule has 0 aliphatic heterocycles. The van der Waals surface area contributed by atoms with E-state index in [0.29, 0.717) is 0 Å². The van der Waals surface area contributed by atoms with E-state index in [2.05, 4.69) is 15.4 Å². The van der Waals surface area contributed by atoms with Crippen molar-refractivity contribution in [2.75, 3.05) is 18.9 Å². The smallest absolute Gasteiger partial charge is 0.404 e. The first kappa shape index (κ1) is 15.6. The summed E-state index contributed by atoms with van der Waals surface area (Å²) in [5, 5.41) is 6.57. The number of amides is 3. The molecular weight excluding hydrogens is 279 g/mol. The molecule has 0 aromatic heterocycles. The van der Waals surface area contributed by atoms with E-state index in [4.69, 9.17) is 0 Å². The van der Waals surface area contributed by atoms with Crippen LogP contribution in [0.5, 0.6) is 5.75 Å². The molecule has 6 nitrogen and oxygen atoms in total. The number of imide groups is 1. The van der Waals surface area contributed by atoms with Gasteiger partial charge in [-0.05, 0) is 12.1 Å². The van der Waals surface area contributed by atoms with Gasteiger partial charge in [0.2, 0.25) is 5.91 Å². The van der Waals surface area contributed by atoms with Crippen molar-refractivity contribution in [1.82, 2.24) is 10.6 Å². The molecule has 3 amide bonds. The van der Waals surface area contributed by atoms with Crippen molar-refractivity contribution < 1.29 is 27.5 Å². The molecule has 0 aliphatic rings. The van der Waals surface area contributed by atoms with Gasteiger partial charge in [0, 0.05) is 7.05 Å². The Labute approximate surface area is 112 Å². The molecule has 1 aromatic rings. The number of alkyl halides is 3. The number of rotatable bonds is 4. The van der Waals surface area contributed by atoms with Crippen molar-refractivity contribution in [3.63, 3.8) is 0 Å². The zero-order valence-electron chi connectivity index (χ0n) is 10.4. The monoisotopic (exact) mass is 291 g/mol. The van der Waals surface area contributed by atoms with Crippen LogP contribution in [0.25, 0.3) is 0 Å². The SMILES string of the molecule is CNC(=O)NC(=O)CNc1ccccc1OC(F)(F)F. The second kappa shape index (κ2) is 6.64. The number of urea groups is 1.